The van der Waals surface area contributed by atoms with Gasteiger partial charge >= 0.3 is 0 Å². The number of thioether (sulfide) groups is 2. The molecule has 0 spiro atoms. The molecule has 0 unspecified atom stereocenters. The van der Waals surface area contributed by atoms with E-state index in [0.29, 0.717) is 0 Å². The number of anilines is 1. The van der Waals surface area contributed by atoms with Crippen LogP contribution in [0, 0.1) is 0 Å². The first-order chi connectivity index (χ1) is 11.2. The van der Waals surface area contributed by atoms with E-state index in [1.165, 1.54) is 15.5 Å². The predicted octanol–water partition coefficient (Wildman–Crippen LogP) is 5.99. The number of nitrogens with one attached hydrogen (secondary N) is 1. The van der Waals surface area contributed by atoms with Crippen molar-refractivity contribution in [2.45, 2.75) is 23.6 Å². The number of para-hydroxylation sites is 2. The molecule has 0 radical (unpaired) electrons. The molecule has 0 amide bonds. The van der Waals surface area contributed by atoms with Crippen molar-refractivity contribution in [1.29, 1.82) is 0 Å². The van der Waals surface area contributed by atoms with Crippen LogP contribution in [0.25, 0.3) is 0 Å². The molecule has 1 aliphatic rings. The first-order valence-corrected chi connectivity index (χ1v) is 9.64. The van der Waals surface area contributed by atoms with E-state index in [2.05, 4.69) is 60.8 Å². The summed E-state index contributed by atoms with van der Waals surface area (Å²) in [6, 6.07) is 16.9. The highest BCUT2D eigenvalue weighted by Gasteiger charge is 2.06. The van der Waals surface area contributed by atoms with Crippen LogP contribution in [0.1, 0.15) is 13.8 Å². The standard InChI is InChI=1S/C19H20N2S2/c1-14-13-15(2)21-17-8-4-6-10-19(17)23-12-11-22-18-9-5-3-7-16(18)20-14/h3-10,13,20H,11-12H2,1-2H3/b14-13-,21-15+. The number of nitrogens with zero attached hydrogens (tertiary/aromatic N) is 1. The fraction of sp³-hybridized carbons (Fsp3) is 0.211. The van der Waals surface area contributed by atoms with Crippen LogP contribution in [0.3, 0.4) is 0 Å². The monoisotopic (exact) mass is 340 g/mol. The smallest absolute Gasteiger partial charge is 0.0768 e. The van der Waals surface area contributed by atoms with Crippen LogP contribution in [0.4, 0.5) is 11.4 Å². The largest absolute Gasteiger partial charge is 0.358 e. The first kappa shape index (κ1) is 16.2. The molecule has 3 rings (SSSR count). The number of hydrogen-bond acceptors (Lipinski definition) is 4. The van der Waals surface area contributed by atoms with Crippen molar-refractivity contribution in [2.24, 2.45) is 4.99 Å². The Kier molecular flexibility index (Phi) is 5.47. The minimum absolute atomic E-state index is 1.01. The first-order valence-electron chi connectivity index (χ1n) is 7.66. The maximum atomic E-state index is 4.78. The lowest BCUT2D eigenvalue weighted by Gasteiger charge is -2.11. The molecule has 118 valence electrons. The van der Waals surface area contributed by atoms with Crippen molar-refractivity contribution in [3.63, 3.8) is 0 Å². The number of hydrogen-bond donors (Lipinski definition) is 1. The maximum Gasteiger partial charge on any atom is 0.0768 e. The highest BCUT2D eigenvalue weighted by atomic mass is 32.2. The van der Waals surface area contributed by atoms with Gasteiger partial charge in [-0.2, -0.15) is 0 Å². The Bertz CT molecular complexity index is 751. The van der Waals surface area contributed by atoms with Crippen molar-refractivity contribution in [2.75, 3.05) is 16.8 Å². The molecule has 4 heteroatoms. The molecule has 0 bridgehead atoms. The third-order valence-corrected chi connectivity index (χ3v) is 5.80. The molecule has 2 nitrogen and oxygen atoms in total. The summed E-state index contributed by atoms with van der Waals surface area (Å²) in [6.07, 6.45) is 2.10. The van der Waals surface area contributed by atoms with Crippen LogP contribution in [0.15, 0.2) is 75.1 Å². The summed E-state index contributed by atoms with van der Waals surface area (Å²) >= 11 is 3.77. The molecule has 0 aromatic heterocycles. The van der Waals surface area contributed by atoms with E-state index in [1.807, 2.05) is 36.5 Å². The van der Waals surface area contributed by atoms with Gasteiger partial charge in [0.05, 0.1) is 11.4 Å². The zero-order valence-electron chi connectivity index (χ0n) is 13.4. The van der Waals surface area contributed by atoms with Gasteiger partial charge in [-0.3, -0.25) is 4.99 Å². The molecule has 1 heterocycles. The molecular formula is C19H20N2S2. The Balaban J connectivity index is 1.96. The number of fused-ring (bicyclic) bond motifs is 2. The van der Waals surface area contributed by atoms with Crippen LogP contribution >= 0.6 is 23.5 Å². The summed E-state index contributed by atoms with van der Waals surface area (Å²) in [5.74, 6) is 2.14. The number of benzene rings is 2. The molecule has 23 heavy (non-hydrogen) atoms. The fourth-order valence-electron chi connectivity index (χ4n) is 2.45. The number of allylic oxidation sites excluding steroid dienone is 2. The lowest BCUT2D eigenvalue weighted by Crippen LogP contribution is -1.99. The minimum atomic E-state index is 1.01. The van der Waals surface area contributed by atoms with Gasteiger partial charge in [0.25, 0.3) is 0 Å². The Morgan fingerprint density at radius 1 is 0.870 bits per heavy atom. The van der Waals surface area contributed by atoms with Crippen LogP contribution < -0.4 is 5.32 Å². The van der Waals surface area contributed by atoms with Gasteiger partial charge < -0.3 is 5.32 Å². The lowest BCUT2D eigenvalue weighted by molar-refractivity contribution is 1.32. The van der Waals surface area contributed by atoms with Crippen LogP contribution in [0.5, 0.6) is 0 Å². The molecule has 2 aromatic carbocycles. The SMILES string of the molecule is C/C1=C/C(C)=N/c2ccccc2SCCSc2ccccc2N1. The van der Waals surface area contributed by atoms with E-state index in [4.69, 9.17) is 4.99 Å². The van der Waals surface area contributed by atoms with Crippen molar-refractivity contribution in [3.8, 4) is 0 Å². The zero-order valence-corrected chi connectivity index (χ0v) is 15.0. The van der Waals surface area contributed by atoms with Crippen LogP contribution in [-0.4, -0.2) is 17.2 Å². The van der Waals surface area contributed by atoms with E-state index in [-0.39, 0.29) is 0 Å². The second-order valence-corrected chi connectivity index (χ2v) is 7.64. The lowest BCUT2D eigenvalue weighted by atomic mass is 10.2. The summed E-state index contributed by atoms with van der Waals surface area (Å²) in [5, 5.41) is 3.51. The summed E-state index contributed by atoms with van der Waals surface area (Å²) in [7, 11) is 0. The van der Waals surface area contributed by atoms with Gasteiger partial charge in [-0.1, -0.05) is 24.3 Å². The summed E-state index contributed by atoms with van der Waals surface area (Å²) in [6.45, 7) is 4.13. The maximum absolute atomic E-state index is 4.78. The van der Waals surface area contributed by atoms with Crippen molar-refractivity contribution < 1.29 is 0 Å². The van der Waals surface area contributed by atoms with Crippen molar-refractivity contribution in [1.82, 2.24) is 0 Å². The van der Waals surface area contributed by atoms with E-state index in [0.717, 1.165) is 28.6 Å². The van der Waals surface area contributed by atoms with Gasteiger partial charge in [0, 0.05) is 32.7 Å². The Morgan fingerprint density at radius 2 is 1.52 bits per heavy atom. The molecular weight excluding hydrogens is 320 g/mol. The number of rotatable bonds is 0. The van der Waals surface area contributed by atoms with E-state index >= 15 is 0 Å². The second-order valence-electron chi connectivity index (χ2n) is 5.37. The van der Waals surface area contributed by atoms with Gasteiger partial charge in [-0.15, -0.1) is 23.5 Å². The fourth-order valence-corrected chi connectivity index (χ4v) is 4.45. The van der Waals surface area contributed by atoms with Gasteiger partial charge in [0.15, 0.2) is 0 Å². The quantitative estimate of drug-likeness (QED) is 0.637. The topological polar surface area (TPSA) is 24.4 Å². The average molecular weight is 341 g/mol. The molecule has 0 aliphatic carbocycles. The Morgan fingerprint density at radius 3 is 2.35 bits per heavy atom. The summed E-state index contributed by atoms with van der Waals surface area (Å²) in [4.78, 5) is 7.33. The van der Waals surface area contributed by atoms with E-state index in [9.17, 15) is 0 Å². The average Bonchev–Trinajstić information content (AvgIpc) is 2.54. The summed E-state index contributed by atoms with van der Waals surface area (Å²) in [5.41, 5.74) is 4.33. The van der Waals surface area contributed by atoms with E-state index in [1.54, 1.807) is 0 Å². The van der Waals surface area contributed by atoms with Gasteiger partial charge in [0.2, 0.25) is 0 Å². The van der Waals surface area contributed by atoms with Crippen molar-refractivity contribution in [3.05, 3.63) is 60.3 Å². The number of aliphatic imine (C=N–C) groups is 1. The van der Waals surface area contributed by atoms with Crippen LogP contribution in [-0.2, 0) is 0 Å². The van der Waals surface area contributed by atoms with E-state index < -0.39 is 0 Å². The van der Waals surface area contributed by atoms with Gasteiger partial charge in [-0.05, 0) is 44.2 Å². The normalized spacial score (nSPS) is 20.1. The highest BCUT2D eigenvalue weighted by molar-refractivity contribution is 8.03. The molecule has 1 aliphatic heterocycles. The highest BCUT2D eigenvalue weighted by Crippen LogP contribution is 2.33. The van der Waals surface area contributed by atoms with Gasteiger partial charge in [0.1, 0.15) is 0 Å². The molecule has 1 N–H and O–H groups in total. The molecule has 0 atom stereocenters. The van der Waals surface area contributed by atoms with Crippen LogP contribution in [0.2, 0.25) is 0 Å². The second kappa shape index (κ2) is 7.75. The molecule has 0 saturated heterocycles. The van der Waals surface area contributed by atoms with Crippen molar-refractivity contribution >= 4 is 40.6 Å². The molecule has 0 saturated carbocycles. The minimum Gasteiger partial charge on any atom is -0.358 e. The third-order valence-electron chi connectivity index (χ3n) is 3.40. The molecule has 0 fully saturated rings. The third kappa shape index (κ3) is 4.43. The summed E-state index contributed by atoms with van der Waals surface area (Å²) < 4.78 is 0. The Labute approximate surface area is 146 Å². The molecule has 2 aromatic rings. The predicted molar refractivity (Wildman–Crippen MR) is 104 cm³/mol. The van der Waals surface area contributed by atoms with Gasteiger partial charge in [-0.25, -0.2) is 0 Å². The zero-order chi connectivity index (χ0) is 16.1. The Hall–Kier alpha value is -1.65.